The summed E-state index contributed by atoms with van der Waals surface area (Å²) in [6.45, 7) is 2.45. The average Bonchev–Trinajstić information content (AvgIpc) is 2.77. The molecule has 2 N–H and O–H groups in total. The fourth-order valence-electron chi connectivity index (χ4n) is 1.51. The Morgan fingerprint density at radius 1 is 1.47 bits per heavy atom. The molecule has 0 fully saturated rings. The minimum Gasteiger partial charge on any atom is -0.490 e. The van der Waals surface area contributed by atoms with Gasteiger partial charge in [-0.25, -0.2) is 9.37 Å². The Morgan fingerprint density at radius 2 is 2.26 bits per heavy atom. The Bertz CT molecular complexity index is 571. The number of nitrogens with zero attached hydrogens (tertiary/aromatic N) is 2. The summed E-state index contributed by atoms with van der Waals surface area (Å²) in [5.41, 5.74) is 6.22. The van der Waals surface area contributed by atoms with Crippen LogP contribution < -0.4 is 10.5 Å². The molecule has 2 aromatic rings. The molecule has 0 saturated carbocycles. The number of aryl methyl sites for hydroxylation is 1. The van der Waals surface area contributed by atoms with Gasteiger partial charge < -0.3 is 15.0 Å². The lowest BCUT2D eigenvalue weighted by molar-refractivity contribution is 0.300. The van der Waals surface area contributed by atoms with Crippen molar-refractivity contribution < 1.29 is 9.13 Å². The van der Waals surface area contributed by atoms with Gasteiger partial charge in [0, 0.05) is 36.1 Å². The number of aromatic nitrogens is 2. The molecule has 0 spiro atoms. The van der Waals surface area contributed by atoms with E-state index in [9.17, 15) is 4.39 Å². The monoisotopic (exact) mass is 281 g/mol. The Labute approximate surface area is 115 Å². The lowest BCUT2D eigenvalue weighted by Gasteiger charge is -2.10. The minimum absolute atomic E-state index is 0.229. The van der Waals surface area contributed by atoms with E-state index in [0.717, 1.165) is 16.5 Å². The highest BCUT2D eigenvalue weighted by atomic mass is 32.2. The molecule has 1 aromatic heterocycles. The first-order valence-corrected chi connectivity index (χ1v) is 6.80. The summed E-state index contributed by atoms with van der Waals surface area (Å²) in [5.74, 6) is -0.206. The molecule has 0 aliphatic rings. The van der Waals surface area contributed by atoms with Crippen molar-refractivity contribution in [3.05, 3.63) is 30.3 Å². The van der Waals surface area contributed by atoms with Gasteiger partial charge >= 0.3 is 0 Å². The SMILES string of the molecule is CCCOc1cc(Sc2nccn2C)c(N)cc1F. The molecule has 102 valence electrons. The lowest BCUT2D eigenvalue weighted by atomic mass is 10.3. The quantitative estimate of drug-likeness (QED) is 0.856. The molecule has 0 aliphatic heterocycles. The molecule has 0 bridgehead atoms. The molecule has 1 aromatic carbocycles. The number of ether oxygens (including phenoxy) is 1. The van der Waals surface area contributed by atoms with Gasteiger partial charge in [0.25, 0.3) is 0 Å². The second-order valence-electron chi connectivity index (χ2n) is 4.09. The van der Waals surface area contributed by atoms with Crippen molar-refractivity contribution in [2.75, 3.05) is 12.3 Å². The Hall–Kier alpha value is -1.69. The van der Waals surface area contributed by atoms with Crippen LogP contribution in [-0.4, -0.2) is 16.2 Å². The van der Waals surface area contributed by atoms with Gasteiger partial charge in [0.05, 0.1) is 6.61 Å². The fourth-order valence-corrected chi connectivity index (χ4v) is 2.37. The molecule has 0 atom stereocenters. The van der Waals surface area contributed by atoms with Crippen LogP contribution in [0.15, 0.2) is 34.6 Å². The molecule has 0 radical (unpaired) electrons. The number of halogens is 1. The van der Waals surface area contributed by atoms with Crippen molar-refractivity contribution >= 4 is 17.4 Å². The van der Waals surface area contributed by atoms with E-state index in [1.807, 2.05) is 24.7 Å². The molecular weight excluding hydrogens is 265 g/mol. The normalized spacial score (nSPS) is 10.7. The highest BCUT2D eigenvalue weighted by Gasteiger charge is 2.12. The summed E-state index contributed by atoms with van der Waals surface area (Å²) in [7, 11) is 1.89. The van der Waals surface area contributed by atoms with Crippen LogP contribution in [0.2, 0.25) is 0 Å². The molecule has 19 heavy (non-hydrogen) atoms. The van der Waals surface area contributed by atoms with Crippen LogP contribution in [0.1, 0.15) is 13.3 Å². The van der Waals surface area contributed by atoms with E-state index < -0.39 is 5.82 Å². The van der Waals surface area contributed by atoms with Crippen molar-refractivity contribution in [2.45, 2.75) is 23.4 Å². The number of rotatable bonds is 5. The summed E-state index contributed by atoms with van der Waals surface area (Å²) in [6, 6.07) is 2.91. The summed E-state index contributed by atoms with van der Waals surface area (Å²) >= 11 is 1.38. The second-order valence-corrected chi connectivity index (χ2v) is 5.10. The number of benzene rings is 1. The largest absolute Gasteiger partial charge is 0.490 e. The van der Waals surface area contributed by atoms with Crippen LogP contribution in [0.25, 0.3) is 0 Å². The maximum absolute atomic E-state index is 13.7. The van der Waals surface area contributed by atoms with Gasteiger partial charge in [0.2, 0.25) is 0 Å². The van der Waals surface area contributed by atoms with Gasteiger partial charge in [-0.2, -0.15) is 0 Å². The average molecular weight is 281 g/mol. The third-order valence-electron chi connectivity index (χ3n) is 2.50. The second kappa shape index (κ2) is 5.97. The standard InChI is InChI=1S/C13H16FN3OS/c1-3-6-18-11-8-12(10(15)7-9(11)14)19-13-16-4-5-17(13)2/h4-5,7-8H,3,6,15H2,1-2H3. The third kappa shape index (κ3) is 3.20. The van der Waals surface area contributed by atoms with Gasteiger partial charge in [-0.05, 0) is 24.2 Å². The number of nitrogens with two attached hydrogens (primary N) is 1. The van der Waals surface area contributed by atoms with Crippen molar-refractivity contribution in [3.63, 3.8) is 0 Å². The summed E-state index contributed by atoms with van der Waals surface area (Å²) in [6.07, 6.45) is 4.37. The van der Waals surface area contributed by atoms with Crippen LogP contribution in [0.5, 0.6) is 5.75 Å². The van der Waals surface area contributed by atoms with Crippen LogP contribution in [0, 0.1) is 5.82 Å². The molecule has 0 saturated heterocycles. The molecule has 4 nitrogen and oxygen atoms in total. The highest BCUT2D eigenvalue weighted by Crippen LogP contribution is 2.35. The first-order valence-electron chi connectivity index (χ1n) is 5.98. The number of nitrogen functional groups attached to an aromatic ring is 1. The molecule has 6 heteroatoms. The highest BCUT2D eigenvalue weighted by molar-refractivity contribution is 7.99. The first kappa shape index (κ1) is 13.7. The Kier molecular flexibility index (Phi) is 4.31. The minimum atomic E-state index is -0.435. The van der Waals surface area contributed by atoms with Gasteiger partial charge in [0.1, 0.15) is 0 Å². The zero-order chi connectivity index (χ0) is 13.8. The predicted molar refractivity (Wildman–Crippen MR) is 73.9 cm³/mol. The number of imidazole rings is 1. The molecule has 0 aliphatic carbocycles. The molecule has 0 unspecified atom stereocenters. The smallest absolute Gasteiger partial charge is 0.172 e. The van der Waals surface area contributed by atoms with Crippen molar-refractivity contribution in [1.29, 1.82) is 0 Å². The summed E-state index contributed by atoms with van der Waals surface area (Å²) in [5, 5.41) is 0.791. The first-order chi connectivity index (χ1) is 9.11. The van der Waals surface area contributed by atoms with Crippen molar-refractivity contribution in [3.8, 4) is 5.75 Å². The number of hydrogen-bond donors (Lipinski definition) is 1. The van der Waals surface area contributed by atoms with E-state index in [0.29, 0.717) is 12.3 Å². The summed E-state index contributed by atoms with van der Waals surface area (Å²) < 4.78 is 20.9. The van der Waals surface area contributed by atoms with E-state index in [1.54, 1.807) is 12.3 Å². The maximum Gasteiger partial charge on any atom is 0.172 e. The summed E-state index contributed by atoms with van der Waals surface area (Å²) in [4.78, 5) is 4.94. The van der Waals surface area contributed by atoms with Crippen LogP contribution in [0.3, 0.4) is 0 Å². The fraction of sp³-hybridized carbons (Fsp3) is 0.308. The van der Waals surface area contributed by atoms with E-state index in [1.165, 1.54) is 17.8 Å². The third-order valence-corrected chi connectivity index (χ3v) is 3.65. The number of anilines is 1. The molecular formula is C13H16FN3OS. The predicted octanol–water partition coefficient (Wildman–Crippen LogP) is 3.08. The van der Waals surface area contributed by atoms with Crippen LogP contribution >= 0.6 is 11.8 Å². The number of hydrogen-bond acceptors (Lipinski definition) is 4. The van der Waals surface area contributed by atoms with Gasteiger partial charge in [-0.1, -0.05) is 6.92 Å². The van der Waals surface area contributed by atoms with Gasteiger partial charge in [0.15, 0.2) is 16.7 Å². The van der Waals surface area contributed by atoms with E-state index in [-0.39, 0.29) is 5.75 Å². The molecule has 1 heterocycles. The van der Waals surface area contributed by atoms with Crippen LogP contribution in [0.4, 0.5) is 10.1 Å². The van der Waals surface area contributed by atoms with Crippen molar-refractivity contribution in [1.82, 2.24) is 9.55 Å². The van der Waals surface area contributed by atoms with Gasteiger partial charge in [-0.3, -0.25) is 0 Å². The van der Waals surface area contributed by atoms with E-state index in [2.05, 4.69) is 4.98 Å². The topological polar surface area (TPSA) is 53.1 Å². The zero-order valence-electron chi connectivity index (χ0n) is 10.9. The molecule has 2 rings (SSSR count). The zero-order valence-corrected chi connectivity index (χ0v) is 11.7. The molecule has 0 amide bonds. The lowest BCUT2D eigenvalue weighted by Crippen LogP contribution is -2.00. The van der Waals surface area contributed by atoms with Crippen molar-refractivity contribution in [2.24, 2.45) is 7.05 Å². The Balaban J connectivity index is 2.27. The van der Waals surface area contributed by atoms with Gasteiger partial charge in [-0.15, -0.1) is 0 Å². The maximum atomic E-state index is 13.7. The Morgan fingerprint density at radius 3 is 2.89 bits per heavy atom. The van der Waals surface area contributed by atoms with E-state index >= 15 is 0 Å². The van der Waals surface area contributed by atoms with Crippen LogP contribution in [-0.2, 0) is 7.05 Å². The van der Waals surface area contributed by atoms with E-state index in [4.69, 9.17) is 10.5 Å².